The summed E-state index contributed by atoms with van der Waals surface area (Å²) in [7, 11) is 0. The topological polar surface area (TPSA) is 126 Å². The lowest BCUT2D eigenvalue weighted by Gasteiger charge is -2.31. The molecule has 3 N–H and O–H groups in total. The Kier molecular flexibility index (Phi) is 8.87. The van der Waals surface area contributed by atoms with Crippen molar-refractivity contribution < 1.29 is 23.9 Å². The molecule has 196 valence electrons. The molecule has 1 aromatic carbocycles. The van der Waals surface area contributed by atoms with E-state index in [4.69, 9.17) is 9.73 Å². The van der Waals surface area contributed by atoms with E-state index in [0.29, 0.717) is 32.1 Å². The standard InChI is InChI=1S/C27H38N4O5/c1-16(2)12-21(25(34)29-18(15-32)13-17-10-11-28-24(17)33)31-26(35)36-22-14-23(27(3,4)5)30-20-9-7-6-8-19(20)22/h6-9,15-18,21-22H,10-14H2,1-5H3,(H,28,33)(H,29,34)(H,31,35)/t17-,18-,21-,22?/m0/s1. The van der Waals surface area contributed by atoms with Gasteiger partial charge in [-0.05, 0) is 31.2 Å². The molecule has 1 unspecified atom stereocenters. The first-order chi connectivity index (χ1) is 17.0. The van der Waals surface area contributed by atoms with E-state index >= 15 is 0 Å². The Bertz CT molecular complexity index is 1010. The zero-order chi connectivity index (χ0) is 26.5. The number of rotatable bonds is 9. The van der Waals surface area contributed by atoms with E-state index in [-0.39, 0.29) is 29.6 Å². The highest BCUT2D eigenvalue weighted by Gasteiger charge is 2.33. The molecule has 0 aliphatic carbocycles. The van der Waals surface area contributed by atoms with Crippen molar-refractivity contribution in [1.82, 2.24) is 16.0 Å². The number of aliphatic imine (C=N–C) groups is 1. The molecule has 36 heavy (non-hydrogen) atoms. The van der Waals surface area contributed by atoms with Crippen LogP contribution in [0, 0.1) is 17.3 Å². The highest BCUT2D eigenvalue weighted by Crippen LogP contribution is 2.39. The van der Waals surface area contributed by atoms with Gasteiger partial charge in [0.25, 0.3) is 0 Å². The molecule has 3 rings (SSSR count). The Hall–Kier alpha value is -3.23. The molecule has 0 aromatic heterocycles. The third-order valence-corrected chi connectivity index (χ3v) is 6.54. The van der Waals surface area contributed by atoms with Crippen molar-refractivity contribution in [2.45, 2.75) is 78.5 Å². The number of nitrogens with zero attached hydrogens (tertiary/aromatic N) is 1. The van der Waals surface area contributed by atoms with Crippen LogP contribution in [-0.4, -0.2) is 48.5 Å². The minimum Gasteiger partial charge on any atom is -0.441 e. The molecular formula is C27H38N4O5. The maximum absolute atomic E-state index is 13.1. The van der Waals surface area contributed by atoms with E-state index in [1.54, 1.807) is 0 Å². The molecular weight excluding hydrogens is 460 g/mol. The van der Waals surface area contributed by atoms with Gasteiger partial charge in [-0.25, -0.2) is 4.79 Å². The van der Waals surface area contributed by atoms with Crippen LogP contribution in [-0.2, 0) is 19.1 Å². The molecule has 9 heteroatoms. The lowest BCUT2D eigenvalue weighted by Crippen LogP contribution is -2.51. The molecule has 2 aliphatic heterocycles. The van der Waals surface area contributed by atoms with E-state index in [1.165, 1.54) is 0 Å². The van der Waals surface area contributed by atoms with E-state index in [0.717, 1.165) is 17.0 Å². The maximum atomic E-state index is 13.1. The first kappa shape index (κ1) is 27.4. The number of nitrogens with one attached hydrogen (secondary N) is 3. The monoisotopic (exact) mass is 498 g/mol. The van der Waals surface area contributed by atoms with Crippen LogP contribution in [0.1, 0.15) is 72.0 Å². The average Bonchev–Trinajstić information content (AvgIpc) is 3.21. The van der Waals surface area contributed by atoms with Crippen LogP contribution >= 0.6 is 0 Å². The second kappa shape index (κ2) is 11.7. The van der Waals surface area contributed by atoms with Crippen molar-refractivity contribution >= 4 is 35.6 Å². The van der Waals surface area contributed by atoms with Gasteiger partial charge in [-0.3, -0.25) is 14.6 Å². The lowest BCUT2D eigenvalue weighted by molar-refractivity contribution is -0.127. The summed E-state index contributed by atoms with van der Waals surface area (Å²) in [5, 5.41) is 8.13. The molecule has 1 aromatic rings. The Morgan fingerprint density at radius 3 is 2.56 bits per heavy atom. The highest BCUT2D eigenvalue weighted by atomic mass is 16.6. The predicted octanol–water partition coefficient (Wildman–Crippen LogP) is 3.60. The number of aldehydes is 1. The minimum atomic E-state index is -0.882. The van der Waals surface area contributed by atoms with Crippen LogP contribution in [0.15, 0.2) is 29.3 Å². The number of fused-ring (bicyclic) bond motifs is 1. The summed E-state index contributed by atoms with van der Waals surface area (Å²) < 4.78 is 5.83. The van der Waals surface area contributed by atoms with E-state index < -0.39 is 30.2 Å². The average molecular weight is 499 g/mol. The molecule has 0 spiro atoms. The van der Waals surface area contributed by atoms with Crippen LogP contribution in [0.3, 0.4) is 0 Å². The molecule has 0 saturated carbocycles. The highest BCUT2D eigenvalue weighted by molar-refractivity contribution is 5.94. The first-order valence-electron chi connectivity index (χ1n) is 12.7. The summed E-state index contributed by atoms with van der Waals surface area (Å²) in [4.78, 5) is 54.3. The van der Waals surface area contributed by atoms with Crippen LogP contribution in [0.5, 0.6) is 0 Å². The quantitative estimate of drug-likeness (QED) is 0.449. The third-order valence-electron chi connectivity index (χ3n) is 6.54. The van der Waals surface area contributed by atoms with Gasteiger partial charge in [0.15, 0.2) is 0 Å². The lowest BCUT2D eigenvalue weighted by atomic mass is 9.83. The van der Waals surface area contributed by atoms with Crippen molar-refractivity contribution in [3.05, 3.63) is 29.8 Å². The Morgan fingerprint density at radius 2 is 1.94 bits per heavy atom. The van der Waals surface area contributed by atoms with Crippen molar-refractivity contribution in [2.24, 2.45) is 22.2 Å². The number of carbonyl (C=O) groups excluding carboxylic acids is 4. The number of carbonyl (C=O) groups is 4. The molecule has 0 bridgehead atoms. The largest absolute Gasteiger partial charge is 0.441 e. The number of benzene rings is 1. The minimum absolute atomic E-state index is 0.103. The molecule has 9 nitrogen and oxygen atoms in total. The fourth-order valence-corrected chi connectivity index (χ4v) is 4.53. The number of para-hydroxylation sites is 1. The second-order valence-electron chi connectivity index (χ2n) is 11.1. The van der Waals surface area contributed by atoms with Gasteiger partial charge in [-0.1, -0.05) is 52.8 Å². The first-order valence-corrected chi connectivity index (χ1v) is 12.7. The molecule has 4 atom stereocenters. The zero-order valence-electron chi connectivity index (χ0n) is 21.8. The van der Waals surface area contributed by atoms with Gasteiger partial charge >= 0.3 is 6.09 Å². The maximum Gasteiger partial charge on any atom is 0.408 e. The van der Waals surface area contributed by atoms with Gasteiger partial charge in [0.2, 0.25) is 11.8 Å². The van der Waals surface area contributed by atoms with Crippen LogP contribution < -0.4 is 16.0 Å². The molecule has 2 heterocycles. The van der Waals surface area contributed by atoms with Crippen molar-refractivity contribution in [2.75, 3.05) is 6.54 Å². The number of ether oxygens (including phenoxy) is 1. The van der Waals surface area contributed by atoms with Crippen molar-refractivity contribution in [3.63, 3.8) is 0 Å². The Balaban J connectivity index is 1.68. The number of alkyl carbamates (subject to hydrolysis) is 1. The summed E-state index contributed by atoms with van der Waals surface area (Å²) in [6, 6.07) is 5.87. The molecule has 3 amide bonds. The summed E-state index contributed by atoms with van der Waals surface area (Å²) in [6.45, 7) is 10.7. The Morgan fingerprint density at radius 1 is 1.22 bits per heavy atom. The van der Waals surface area contributed by atoms with Gasteiger partial charge in [0, 0.05) is 35.6 Å². The van der Waals surface area contributed by atoms with E-state index in [2.05, 4.69) is 36.7 Å². The van der Waals surface area contributed by atoms with Gasteiger partial charge in [0.05, 0.1) is 11.7 Å². The molecule has 1 saturated heterocycles. The molecule has 0 radical (unpaired) electrons. The van der Waals surface area contributed by atoms with Gasteiger partial charge in [0.1, 0.15) is 18.4 Å². The molecule has 2 aliphatic rings. The van der Waals surface area contributed by atoms with Crippen molar-refractivity contribution in [1.29, 1.82) is 0 Å². The normalized spacial score (nSPS) is 21.1. The number of hydrogen-bond acceptors (Lipinski definition) is 6. The van der Waals surface area contributed by atoms with E-state index in [1.807, 2.05) is 38.1 Å². The van der Waals surface area contributed by atoms with Gasteiger partial charge < -0.3 is 25.5 Å². The van der Waals surface area contributed by atoms with Crippen LogP contribution in [0.4, 0.5) is 10.5 Å². The SMILES string of the molecule is CC(C)C[C@H](NC(=O)OC1CC(C(C)(C)C)=Nc2ccccc21)C(=O)N[C@H](C=O)C[C@@H]1CCNC1=O. The summed E-state index contributed by atoms with van der Waals surface area (Å²) in [5.74, 6) is -0.794. The fourth-order valence-electron chi connectivity index (χ4n) is 4.53. The smallest absolute Gasteiger partial charge is 0.408 e. The van der Waals surface area contributed by atoms with Crippen molar-refractivity contribution in [3.8, 4) is 0 Å². The van der Waals surface area contributed by atoms with Gasteiger partial charge in [-0.2, -0.15) is 0 Å². The second-order valence-corrected chi connectivity index (χ2v) is 11.1. The number of hydrogen-bond donors (Lipinski definition) is 3. The van der Waals surface area contributed by atoms with Crippen LogP contribution in [0.2, 0.25) is 0 Å². The van der Waals surface area contributed by atoms with E-state index in [9.17, 15) is 19.2 Å². The fraction of sp³-hybridized carbons (Fsp3) is 0.593. The third kappa shape index (κ3) is 7.15. The van der Waals surface area contributed by atoms with Crippen LogP contribution in [0.25, 0.3) is 0 Å². The summed E-state index contributed by atoms with van der Waals surface area (Å²) >= 11 is 0. The summed E-state index contributed by atoms with van der Waals surface area (Å²) in [5.41, 5.74) is 2.33. The zero-order valence-corrected chi connectivity index (χ0v) is 21.8. The predicted molar refractivity (Wildman–Crippen MR) is 137 cm³/mol. The molecule has 1 fully saturated rings. The Labute approximate surface area is 212 Å². The summed E-state index contributed by atoms with van der Waals surface area (Å²) in [6.07, 6.45) is 1.09. The van der Waals surface area contributed by atoms with Gasteiger partial charge in [-0.15, -0.1) is 0 Å². The number of amides is 3.